The Kier molecular flexibility index (Phi) is 4.19. The van der Waals surface area contributed by atoms with Crippen LogP contribution in [-0.2, 0) is 9.59 Å². The molecular formula is C20H19N5O2. The summed E-state index contributed by atoms with van der Waals surface area (Å²) in [5.74, 6) is 0.364. The summed E-state index contributed by atoms with van der Waals surface area (Å²) in [5, 5.41) is 10.00. The Hall–Kier alpha value is -3.48. The first-order chi connectivity index (χ1) is 13.0. The molecule has 0 unspecified atom stereocenters. The number of benzene rings is 2. The highest BCUT2D eigenvalue weighted by Crippen LogP contribution is 2.28. The van der Waals surface area contributed by atoms with Gasteiger partial charge in [0.25, 0.3) is 5.91 Å². The lowest BCUT2D eigenvalue weighted by atomic mass is 10.1. The minimum Gasteiger partial charge on any atom is -0.326 e. The highest BCUT2D eigenvalue weighted by Gasteiger charge is 2.35. The summed E-state index contributed by atoms with van der Waals surface area (Å²) in [5.41, 5.74) is 3.70. The second-order valence-corrected chi connectivity index (χ2v) is 6.64. The van der Waals surface area contributed by atoms with Gasteiger partial charge in [0.1, 0.15) is 6.04 Å². The molecule has 0 spiro atoms. The Labute approximate surface area is 156 Å². The van der Waals surface area contributed by atoms with Crippen LogP contribution in [0.2, 0.25) is 0 Å². The van der Waals surface area contributed by atoms with Crippen molar-refractivity contribution in [3.63, 3.8) is 0 Å². The van der Waals surface area contributed by atoms with Gasteiger partial charge in [0.15, 0.2) is 5.82 Å². The van der Waals surface area contributed by atoms with Crippen LogP contribution in [0.25, 0.3) is 11.4 Å². The van der Waals surface area contributed by atoms with Crippen molar-refractivity contribution in [1.82, 2.24) is 14.8 Å². The maximum atomic E-state index is 12.4. The second-order valence-electron chi connectivity index (χ2n) is 6.64. The number of carbonyl (C=O) groups is 2. The number of aryl methyl sites for hydroxylation is 2. The molecule has 1 aromatic heterocycles. The number of para-hydroxylation sites is 1. The highest BCUT2D eigenvalue weighted by molar-refractivity contribution is 6.01. The fourth-order valence-electron chi connectivity index (χ4n) is 3.02. The van der Waals surface area contributed by atoms with Crippen LogP contribution >= 0.6 is 0 Å². The molecule has 1 aliphatic heterocycles. The smallest absolute Gasteiger partial charge is 0.252 e. The molecule has 0 radical (unpaired) electrons. The van der Waals surface area contributed by atoms with E-state index in [0.717, 1.165) is 22.4 Å². The summed E-state index contributed by atoms with van der Waals surface area (Å²) in [6.07, 6.45) is -0.0101. The maximum absolute atomic E-state index is 12.4. The zero-order valence-electron chi connectivity index (χ0n) is 15.1. The third-order valence-corrected chi connectivity index (χ3v) is 4.57. The SMILES string of the molecule is Cc1ccc(-c2nc3n(n2)[C@@H](CC(=O)Nc2ccccc2C)C(=O)N3)cc1. The number of nitrogens with one attached hydrogen (secondary N) is 2. The van der Waals surface area contributed by atoms with Crippen LogP contribution in [0.5, 0.6) is 0 Å². The van der Waals surface area contributed by atoms with Gasteiger partial charge in [-0.3, -0.25) is 14.9 Å². The van der Waals surface area contributed by atoms with Crippen molar-refractivity contribution < 1.29 is 9.59 Å². The Bertz CT molecular complexity index is 1020. The van der Waals surface area contributed by atoms with Gasteiger partial charge in [-0.25, -0.2) is 4.68 Å². The Balaban J connectivity index is 1.53. The zero-order chi connectivity index (χ0) is 19.0. The molecule has 2 heterocycles. The largest absolute Gasteiger partial charge is 0.326 e. The van der Waals surface area contributed by atoms with Gasteiger partial charge >= 0.3 is 0 Å². The number of anilines is 2. The molecule has 7 heteroatoms. The number of rotatable bonds is 4. The molecule has 3 aromatic rings. The van der Waals surface area contributed by atoms with Crippen molar-refractivity contribution in [2.24, 2.45) is 0 Å². The van der Waals surface area contributed by atoms with Gasteiger partial charge in [-0.05, 0) is 25.5 Å². The van der Waals surface area contributed by atoms with Gasteiger partial charge in [-0.1, -0.05) is 48.0 Å². The maximum Gasteiger partial charge on any atom is 0.252 e. The van der Waals surface area contributed by atoms with Crippen LogP contribution < -0.4 is 10.6 Å². The summed E-state index contributed by atoms with van der Waals surface area (Å²) in [6, 6.07) is 14.6. The Morgan fingerprint density at radius 1 is 1.15 bits per heavy atom. The number of nitrogens with zero attached hydrogens (tertiary/aromatic N) is 3. The molecule has 4 rings (SSSR count). The Morgan fingerprint density at radius 3 is 2.63 bits per heavy atom. The van der Waals surface area contributed by atoms with E-state index < -0.39 is 6.04 Å². The van der Waals surface area contributed by atoms with Crippen LogP contribution in [0.1, 0.15) is 23.6 Å². The van der Waals surface area contributed by atoms with Gasteiger partial charge in [0.05, 0.1) is 6.42 Å². The van der Waals surface area contributed by atoms with Gasteiger partial charge in [0, 0.05) is 11.3 Å². The predicted molar refractivity (Wildman–Crippen MR) is 102 cm³/mol. The molecule has 27 heavy (non-hydrogen) atoms. The van der Waals surface area contributed by atoms with E-state index >= 15 is 0 Å². The van der Waals surface area contributed by atoms with E-state index in [1.54, 1.807) is 0 Å². The molecule has 0 bridgehead atoms. The summed E-state index contributed by atoms with van der Waals surface area (Å²) >= 11 is 0. The molecule has 0 aliphatic carbocycles. The summed E-state index contributed by atoms with van der Waals surface area (Å²) < 4.78 is 1.49. The van der Waals surface area contributed by atoms with E-state index in [1.807, 2.05) is 62.4 Å². The van der Waals surface area contributed by atoms with E-state index in [9.17, 15) is 9.59 Å². The third kappa shape index (κ3) is 3.31. The minimum atomic E-state index is -0.712. The number of aromatic nitrogens is 3. The first-order valence-corrected chi connectivity index (χ1v) is 8.71. The lowest BCUT2D eigenvalue weighted by Gasteiger charge is -2.11. The fourth-order valence-corrected chi connectivity index (χ4v) is 3.02. The van der Waals surface area contributed by atoms with E-state index in [-0.39, 0.29) is 18.2 Å². The minimum absolute atomic E-state index is 0.0101. The average molecular weight is 361 g/mol. The van der Waals surface area contributed by atoms with Gasteiger partial charge < -0.3 is 5.32 Å². The molecule has 0 saturated carbocycles. The van der Waals surface area contributed by atoms with Crippen molar-refractivity contribution >= 4 is 23.5 Å². The quantitative estimate of drug-likeness (QED) is 0.747. The molecule has 1 aliphatic rings. The average Bonchev–Trinajstić information content (AvgIpc) is 3.17. The summed E-state index contributed by atoms with van der Waals surface area (Å²) in [4.78, 5) is 29.1. The topological polar surface area (TPSA) is 88.9 Å². The molecule has 7 nitrogen and oxygen atoms in total. The summed E-state index contributed by atoms with van der Waals surface area (Å²) in [6.45, 7) is 3.93. The van der Waals surface area contributed by atoms with Crippen molar-refractivity contribution in [2.45, 2.75) is 26.3 Å². The molecule has 2 N–H and O–H groups in total. The van der Waals surface area contributed by atoms with E-state index in [0.29, 0.717) is 11.8 Å². The number of hydrogen-bond acceptors (Lipinski definition) is 4. The molecule has 2 aromatic carbocycles. The molecule has 1 atom stereocenters. The van der Waals surface area contributed by atoms with Gasteiger partial charge in [-0.15, -0.1) is 5.10 Å². The molecule has 0 fully saturated rings. The van der Waals surface area contributed by atoms with E-state index in [1.165, 1.54) is 4.68 Å². The van der Waals surface area contributed by atoms with Crippen LogP contribution in [-0.4, -0.2) is 26.6 Å². The van der Waals surface area contributed by atoms with Crippen LogP contribution in [0.4, 0.5) is 11.6 Å². The monoisotopic (exact) mass is 361 g/mol. The first kappa shape index (κ1) is 17.0. The zero-order valence-corrected chi connectivity index (χ0v) is 15.1. The van der Waals surface area contributed by atoms with Crippen molar-refractivity contribution in [1.29, 1.82) is 0 Å². The summed E-state index contributed by atoms with van der Waals surface area (Å²) in [7, 11) is 0. The second kappa shape index (κ2) is 6.68. The standard InChI is InChI=1S/C20H19N5O2/c1-12-7-9-14(10-8-12)18-22-20-23-19(27)16(25(20)24-18)11-17(26)21-15-6-4-3-5-13(15)2/h3-10,16H,11H2,1-2H3,(H,21,26)(H,22,23,24,27)/t16-/m0/s1. The lowest BCUT2D eigenvalue weighted by Crippen LogP contribution is -2.24. The Morgan fingerprint density at radius 2 is 1.89 bits per heavy atom. The van der Waals surface area contributed by atoms with E-state index in [4.69, 9.17) is 0 Å². The predicted octanol–water partition coefficient (Wildman–Crippen LogP) is 3.08. The fraction of sp³-hybridized carbons (Fsp3) is 0.200. The number of amides is 2. The highest BCUT2D eigenvalue weighted by atomic mass is 16.2. The van der Waals surface area contributed by atoms with Crippen LogP contribution in [0.15, 0.2) is 48.5 Å². The number of fused-ring (bicyclic) bond motifs is 1. The van der Waals surface area contributed by atoms with Crippen LogP contribution in [0.3, 0.4) is 0 Å². The molecular weight excluding hydrogens is 342 g/mol. The van der Waals surface area contributed by atoms with Crippen molar-refractivity contribution in [3.05, 3.63) is 59.7 Å². The van der Waals surface area contributed by atoms with Gasteiger partial charge in [-0.2, -0.15) is 4.98 Å². The van der Waals surface area contributed by atoms with Crippen LogP contribution in [0, 0.1) is 13.8 Å². The molecule has 0 saturated heterocycles. The van der Waals surface area contributed by atoms with Crippen molar-refractivity contribution in [2.75, 3.05) is 10.6 Å². The normalized spacial score (nSPS) is 15.3. The van der Waals surface area contributed by atoms with Gasteiger partial charge in [0.2, 0.25) is 11.9 Å². The molecule has 2 amide bonds. The lowest BCUT2D eigenvalue weighted by molar-refractivity contribution is -0.123. The molecule has 136 valence electrons. The number of hydrogen-bond donors (Lipinski definition) is 2. The van der Waals surface area contributed by atoms with Crippen molar-refractivity contribution in [3.8, 4) is 11.4 Å². The first-order valence-electron chi connectivity index (χ1n) is 8.71. The van der Waals surface area contributed by atoms with E-state index in [2.05, 4.69) is 20.7 Å². The number of carbonyl (C=O) groups excluding carboxylic acids is 2. The third-order valence-electron chi connectivity index (χ3n) is 4.57.